The SMILES string of the molecule is CC(C)(Nc1ccc(Br)cc1)c1ccccc1. The molecule has 0 aliphatic heterocycles. The maximum Gasteiger partial charge on any atom is 0.0569 e. The number of anilines is 1. The summed E-state index contributed by atoms with van der Waals surface area (Å²) in [6, 6.07) is 18.7. The highest BCUT2D eigenvalue weighted by molar-refractivity contribution is 9.10. The molecule has 2 rings (SSSR count). The Kier molecular flexibility index (Phi) is 3.53. The molecule has 1 nitrogen and oxygen atoms in total. The molecule has 88 valence electrons. The molecule has 17 heavy (non-hydrogen) atoms. The van der Waals surface area contributed by atoms with Crippen LogP contribution >= 0.6 is 15.9 Å². The van der Waals surface area contributed by atoms with Gasteiger partial charge in [0.1, 0.15) is 0 Å². The van der Waals surface area contributed by atoms with E-state index in [4.69, 9.17) is 0 Å². The smallest absolute Gasteiger partial charge is 0.0569 e. The summed E-state index contributed by atoms with van der Waals surface area (Å²) in [6.07, 6.45) is 0. The Bertz CT molecular complexity index is 474. The number of rotatable bonds is 3. The van der Waals surface area contributed by atoms with Crippen molar-refractivity contribution in [2.45, 2.75) is 19.4 Å². The van der Waals surface area contributed by atoms with Gasteiger partial charge in [-0.3, -0.25) is 0 Å². The molecule has 1 N–H and O–H groups in total. The first-order chi connectivity index (χ1) is 8.08. The highest BCUT2D eigenvalue weighted by Gasteiger charge is 2.19. The summed E-state index contributed by atoms with van der Waals surface area (Å²) >= 11 is 3.44. The molecule has 2 aromatic rings. The lowest BCUT2D eigenvalue weighted by atomic mass is 9.94. The van der Waals surface area contributed by atoms with Crippen molar-refractivity contribution in [3.05, 3.63) is 64.6 Å². The molecule has 0 aliphatic rings. The number of benzene rings is 2. The van der Waals surface area contributed by atoms with Gasteiger partial charge in [-0.05, 0) is 43.7 Å². The maximum atomic E-state index is 3.54. The largest absolute Gasteiger partial charge is 0.376 e. The van der Waals surface area contributed by atoms with Crippen LogP contribution in [0.2, 0.25) is 0 Å². The molecule has 2 heteroatoms. The predicted octanol–water partition coefficient (Wildman–Crippen LogP) is 4.80. The van der Waals surface area contributed by atoms with Crippen LogP contribution in [0.3, 0.4) is 0 Å². The van der Waals surface area contributed by atoms with Gasteiger partial charge in [0.2, 0.25) is 0 Å². The van der Waals surface area contributed by atoms with E-state index < -0.39 is 0 Å². The van der Waals surface area contributed by atoms with Gasteiger partial charge in [-0.2, -0.15) is 0 Å². The number of hydrogen-bond donors (Lipinski definition) is 1. The molecular weight excluding hydrogens is 274 g/mol. The van der Waals surface area contributed by atoms with Crippen molar-refractivity contribution in [1.82, 2.24) is 0 Å². The normalized spacial score (nSPS) is 11.2. The van der Waals surface area contributed by atoms with Gasteiger partial charge in [0.15, 0.2) is 0 Å². The highest BCUT2D eigenvalue weighted by atomic mass is 79.9. The fourth-order valence-electron chi connectivity index (χ4n) is 1.82. The second-order valence-corrected chi connectivity index (χ2v) is 5.54. The molecule has 0 unspecified atom stereocenters. The van der Waals surface area contributed by atoms with Crippen molar-refractivity contribution >= 4 is 21.6 Å². The van der Waals surface area contributed by atoms with Crippen LogP contribution in [0.4, 0.5) is 5.69 Å². The van der Waals surface area contributed by atoms with Crippen molar-refractivity contribution < 1.29 is 0 Å². The van der Waals surface area contributed by atoms with Crippen molar-refractivity contribution in [3.8, 4) is 0 Å². The highest BCUT2D eigenvalue weighted by Crippen LogP contribution is 2.26. The standard InChI is InChI=1S/C15H16BrN/c1-15(2,12-6-4-3-5-7-12)17-14-10-8-13(16)9-11-14/h3-11,17H,1-2H3. The Morgan fingerprint density at radius 1 is 0.882 bits per heavy atom. The van der Waals surface area contributed by atoms with Crippen LogP contribution in [0.1, 0.15) is 19.4 Å². The summed E-state index contributed by atoms with van der Waals surface area (Å²) < 4.78 is 1.10. The Morgan fingerprint density at radius 2 is 1.47 bits per heavy atom. The zero-order valence-electron chi connectivity index (χ0n) is 10.1. The fraction of sp³-hybridized carbons (Fsp3) is 0.200. The molecule has 2 aromatic carbocycles. The zero-order chi connectivity index (χ0) is 12.3. The third-order valence-corrected chi connectivity index (χ3v) is 3.33. The van der Waals surface area contributed by atoms with Gasteiger partial charge >= 0.3 is 0 Å². The number of hydrogen-bond acceptors (Lipinski definition) is 1. The molecule has 0 aromatic heterocycles. The second kappa shape index (κ2) is 4.92. The van der Waals surface area contributed by atoms with Gasteiger partial charge in [0.05, 0.1) is 5.54 Å². The molecule has 0 fully saturated rings. The molecule has 0 saturated carbocycles. The zero-order valence-corrected chi connectivity index (χ0v) is 11.7. The third kappa shape index (κ3) is 3.10. The van der Waals surface area contributed by atoms with Gasteiger partial charge in [0, 0.05) is 10.2 Å². The van der Waals surface area contributed by atoms with Gasteiger partial charge < -0.3 is 5.32 Å². The summed E-state index contributed by atoms with van der Waals surface area (Å²) in [4.78, 5) is 0. The van der Waals surface area contributed by atoms with E-state index >= 15 is 0 Å². The molecule has 0 amide bonds. The molecule has 0 bridgehead atoms. The Balaban J connectivity index is 2.20. The average Bonchev–Trinajstić information content (AvgIpc) is 2.33. The number of halogens is 1. The Hall–Kier alpha value is -1.28. The Labute approximate surface area is 111 Å². The van der Waals surface area contributed by atoms with Crippen LogP contribution in [0, 0.1) is 0 Å². The molecular formula is C15H16BrN. The summed E-state index contributed by atoms with van der Waals surface area (Å²) in [5.41, 5.74) is 2.33. The minimum absolute atomic E-state index is 0.0743. The second-order valence-electron chi connectivity index (χ2n) is 4.62. The minimum Gasteiger partial charge on any atom is -0.376 e. The molecule has 0 saturated heterocycles. The average molecular weight is 290 g/mol. The minimum atomic E-state index is -0.0743. The van der Waals surface area contributed by atoms with E-state index in [9.17, 15) is 0 Å². The van der Waals surface area contributed by atoms with Crippen LogP contribution in [0.5, 0.6) is 0 Å². The van der Waals surface area contributed by atoms with Gasteiger partial charge in [-0.15, -0.1) is 0 Å². The van der Waals surface area contributed by atoms with E-state index in [-0.39, 0.29) is 5.54 Å². The van der Waals surface area contributed by atoms with E-state index in [0.717, 1.165) is 10.2 Å². The van der Waals surface area contributed by atoms with E-state index in [1.165, 1.54) is 5.56 Å². The lowest BCUT2D eigenvalue weighted by molar-refractivity contribution is 0.609. The van der Waals surface area contributed by atoms with E-state index in [2.05, 4.69) is 71.5 Å². The molecule has 0 radical (unpaired) electrons. The summed E-state index contributed by atoms with van der Waals surface area (Å²) in [6.45, 7) is 4.37. The fourth-order valence-corrected chi connectivity index (χ4v) is 2.09. The van der Waals surface area contributed by atoms with Crippen molar-refractivity contribution in [2.75, 3.05) is 5.32 Å². The quantitative estimate of drug-likeness (QED) is 0.856. The van der Waals surface area contributed by atoms with Gasteiger partial charge in [-0.1, -0.05) is 46.3 Å². The summed E-state index contributed by atoms with van der Waals surface area (Å²) in [7, 11) is 0. The monoisotopic (exact) mass is 289 g/mol. The predicted molar refractivity (Wildman–Crippen MR) is 77.2 cm³/mol. The first-order valence-corrected chi connectivity index (χ1v) is 6.46. The van der Waals surface area contributed by atoms with Crippen LogP contribution in [0.15, 0.2) is 59.1 Å². The van der Waals surface area contributed by atoms with Crippen LogP contribution in [-0.2, 0) is 5.54 Å². The van der Waals surface area contributed by atoms with E-state index in [1.54, 1.807) is 0 Å². The first-order valence-electron chi connectivity index (χ1n) is 5.67. The van der Waals surface area contributed by atoms with Crippen LogP contribution in [-0.4, -0.2) is 0 Å². The van der Waals surface area contributed by atoms with Crippen molar-refractivity contribution in [1.29, 1.82) is 0 Å². The van der Waals surface area contributed by atoms with Gasteiger partial charge in [0.25, 0.3) is 0 Å². The van der Waals surface area contributed by atoms with Crippen LogP contribution in [0.25, 0.3) is 0 Å². The lowest BCUT2D eigenvalue weighted by Gasteiger charge is -2.28. The summed E-state index contributed by atoms with van der Waals surface area (Å²) in [5.74, 6) is 0. The topological polar surface area (TPSA) is 12.0 Å². The first kappa shape index (κ1) is 12.2. The Morgan fingerprint density at radius 3 is 2.06 bits per heavy atom. The maximum absolute atomic E-state index is 3.54. The molecule has 0 aliphatic carbocycles. The molecule has 0 atom stereocenters. The lowest BCUT2D eigenvalue weighted by Crippen LogP contribution is -2.27. The summed E-state index contributed by atoms with van der Waals surface area (Å²) in [5, 5.41) is 3.54. The molecule has 0 spiro atoms. The molecule has 0 heterocycles. The number of nitrogens with one attached hydrogen (secondary N) is 1. The van der Waals surface area contributed by atoms with Crippen LogP contribution < -0.4 is 5.32 Å². The third-order valence-electron chi connectivity index (χ3n) is 2.80. The van der Waals surface area contributed by atoms with E-state index in [1.807, 2.05) is 18.2 Å². The van der Waals surface area contributed by atoms with Crippen molar-refractivity contribution in [2.24, 2.45) is 0 Å². The van der Waals surface area contributed by atoms with Gasteiger partial charge in [-0.25, -0.2) is 0 Å². The van der Waals surface area contributed by atoms with Crippen molar-refractivity contribution in [3.63, 3.8) is 0 Å². The van der Waals surface area contributed by atoms with E-state index in [0.29, 0.717) is 0 Å².